The lowest BCUT2D eigenvalue weighted by Crippen LogP contribution is -2.47. The van der Waals surface area contributed by atoms with E-state index in [9.17, 15) is 14.7 Å². The van der Waals surface area contributed by atoms with Crippen LogP contribution in [0.4, 0.5) is 0 Å². The van der Waals surface area contributed by atoms with E-state index in [0.717, 1.165) is 12.8 Å². The molecule has 0 aliphatic heterocycles. The van der Waals surface area contributed by atoms with Crippen LogP contribution in [0.1, 0.15) is 26.2 Å². The molecule has 0 aromatic heterocycles. The van der Waals surface area contributed by atoms with E-state index in [1.54, 1.807) is 0 Å². The molecule has 18 heavy (non-hydrogen) atoms. The number of ether oxygens (including phenoxy) is 1. The summed E-state index contributed by atoms with van der Waals surface area (Å²) in [5.74, 6) is 7.35. The summed E-state index contributed by atoms with van der Waals surface area (Å²) in [6, 6.07) is 0. The van der Waals surface area contributed by atoms with Crippen molar-refractivity contribution in [1.82, 2.24) is 10.9 Å². The number of nitrogens with two attached hydrogens (primary N) is 2. The van der Waals surface area contributed by atoms with Gasteiger partial charge in [-0.1, -0.05) is 13.3 Å². The minimum atomic E-state index is -1.13. The molecule has 0 aliphatic carbocycles. The molecule has 0 saturated heterocycles. The molecule has 0 bridgehead atoms. The fourth-order valence-electron chi connectivity index (χ4n) is 1.34. The van der Waals surface area contributed by atoms with Crippen LogP contribution in [0.25, 0.3) is 0 Å². The molecule has 106 valence electrons. The molecule has 8 heteroatoms. The van der Waals surface area contributed by atoms with E-state index in [2.05, 4.69) is 0 Å². The normalized spacial score (nSPS) is 12.3. The summed E-state index contributed by atoms with van der Waals surface area (Å²) < 4.78 is 5.19. The summed E-state index contributed by atoms with van der Waals surface area (Å²) in [6.07, 6.45) is 0.853. The van der Waals surface area contributed by atoms with Crippen LogP contribution in [0.15, 0.2) is 0 Å². The Hall–Kier alpha value is -1.22. The van der Waals surface area contributed by atoms with Crippen molar-refractivity contribution < 1.29 is 19.4 Å². The molecular weight excluding hydrogens is 240 g/mol. The maximum Gasteiger partial charge on any atom is 0.246 e. The number of carbonyl (C=O) groups excluding carboxylic acids is 2. The Morgan fingerprint density at radius 2 is 1.83 bits per heavy atom. The number of nitrogens with one attached hydrogen (secondary N) is 2. The van der Waals surface area contributed by atoms with Gasteiger partial charge in [0.25, 0.3) is 0 Å². The zero-order valence-electron chi connectivity index (χ0n) is 10.5. The number of rotatable bonds is 9. The van der Waals surface area contributed by atoms with Crippen LogP contribution in [0.2, 0.25) is 0 Å². The second-order valence-corrected chi connectivity index (χ2v) is 3.89. The van der Waals surface area contributed by atoms with Crippen molar-refractivity contribution in [3.05, 3.63) is 0 Å². The molecule has 0 saturated carbocycles. The van der Waals surface area contributed by atoms with Crippen LogP contribution in [-0.2, 0) is 14.3 Å². The Morgan fingerprint density at radius 1 is 1.28 bits per heavy atom. The highest BCUT2D eigenvalue weighted by Crippen LogP contribution is 2.08. The number of aliphatic hydroxyl groups excluding tert-OH is 1. The maximum absolute atomic E-state index is 11.3. The molecule has 2 amide bonds. The summed E-state index contributed by atoms with van der Waals surface area (Å²) in [7, 11) is 0. The zero-order chi connectivity index (χ0) is 14.0. The molecule has 0 aromatic carbocycles. The third kappa shape index (κ3) is 6.50. The fourth-order valence-corrected chi connectivity index (χ4v) is 1.34. The van der Waals surface area contributed by atoms with Gasteiger partial charge in [0.15, 0.2) is 0 Å². The van der Waals surface area contributed by atoms with E-state index in [1.165, 1.54) is 0 Å². The molecule has 7 N–H and O–H groups in total. The third-order valence-corrected chi connectivity index (χ3v) is 2.38. The van der Waals surface area contributed by atoms with Crippen LogP contribution in [0.3, 0.4) is 0 Å². The summed E-state index contributed by atoms with van der Waals surface area (Å²) in [5, 5.41) is 9.64. The SMILES string of the molecule is CCCCOC[C@H](O)CC(C(=O)NN)C(=O)NN. The van der Waals surface area contributed by atoms with E-state index in [0.29, 0.717) is 6.61 Å². The van der Waals surface area contributed by atoms with Crippen LogP contribution >= 0.6 is 0 Å². The van der Waals surface area contributed by atoms with Crippen molar-refractivity contribution in [3.63, 3.8) is 0 Å². The van der Waals surface area contributed by atoms with Crippen molar-refractivity contribution in [1.29, 1.82) is 0 Å². The van der Waals surface area contributed by atoms with Crippen LogP contribution in [0.5, 0.6) is 0 Å². The Morgan fingerprint density at radius 3 is 2.28 bits per heavy atom. The van der Waals surface area contributed by atoms with Gasteiger partial charge in [-0.05, 0) is 12.8 Å². The molecule has 1 atom stereocenters. The van der Waals surface area contributed by atoms with Gasteiger partial charge in [0, 0.05) is 6.61 Å². The van der Waals surface area contributed by atoms with Crippen molar-refractivity contribution in [2.45, 2.75) is 32.3 Å². The highest BCUT2D eigenvalue weighted by molar-refractivity contribution is 5.99. The average molecular weight is 262 g/mol. The lowest BCUT2D eigenvalue weighted by molar-refractivity contribution is -0.137. The van der Waals surface area contributed by atoms with Gasteiger partial charge in [-0.2, -0.15) is 0 Å². The highest BCUT2D eigenvalue weighted by Gasteiger charge is 2.28. The van der Waals surface area contributed by atoms with E-state index in [1.807, 2.05) is 17.8 Å². The molecule has 0 radical (unpaired) electrons. The Labute approximate surface area is 106 Å². The number of carbonyl (C=O) groups is 2. The fraction of sp³-hybridized carbons (Fsp3) is 0.800. The molecule has 8 nitrogen and oxygen atoms in total. The lowest BCUT2D eigenvalue weighted by atomic mass is 10.0. The molecule has 0 unspecified atom stereocenters. The largest absolute Gasteiger partial charge is 0.391 e. The smallest absolute Gasteiger partial charge is 0.246 e. The first-order valence-electron chi connectivity index (χ1n) is 5.83. The van der Waals surface area contributed by atoms with Gasteiger partial charge in [0.05, 0.1) is 12.7 Å². The molecule has 0 aromatic rings. The van der Waals surface area contributed by atoms with Gasteiger partial charge in [-0.3, -0.25) is 20.4 Å². The predicted molar refractivity (Wildman–Crippen MR) is 64.5 cm³/mol. The first-order valence-corrected chi connectivity index (χ1v) is 5.83. The molecule has 0 heterocycles. The zero-order valence-corrected chi connectivity index (χ0v) is 10.5. The Balaban J connectivity index is 4.14. The van der Waals surface area contributed by atoms with E-state index in [4.69, 9.17) is 16.4 Å². The van der Waals surface area contributed by atoms with Crippen LogP contribution < -0.4 is 22.5 Å². The monoisotopic (exact) mass is 262 g/mol. The molecule has 0 aliphatic rings. The van der Waals surface area contributed by atoms with Gasteiger partial charge in [0.2, 0.25) is 11.8 Å². The summed E-state index contributed by atoms with van der Waals surface area (Å²) in [6.45, 7) is 2.61. The summed E-state index contributed by atoms with van der Waals surface area (Å²) in [4.78, 5) is 22.6. The molecular formula is C10H22N4O4. The number of unbranched alkanes of at least 4 members (excludes halogenated alkanes) is 1. The van der Waals surface area contributed by atoms with E-state index in [-0.39, 0.29) is 13.0 Å². The number of amides is 2. The number of hydrazine groups is 2. The first-order chi connectivity index (χ1) is 8.56. The average Bonchev–Trinajstić information content (AvgIpc) is 2.39. The quantitative estimate of drug-likeness (QED) is 0.109. The van der Waals surface area contributed by atoms with Crippen molar-refractivity contribution in [2.24, 2.45) is 17.6 Å². The van der Waals surface area contributed by atoms with Gasteiger partial charge in [-0.25, -0.2) is 11.7 Å². The number of hydrogen-bond acceptors (Lipinski definition) is 6. The van der Waals surface area contributed by atoms with Crippen molar-refractivity contribution in [3.8, 4) is 0 Å². The standard InChI is InChI=1S/C10H22N4O4/c1-2-3-4-18-6-7(15)5-8(9(16)13-11)10(17)14-12/h7-8,15H,2-6,11-12H2,1H3,(H,13,16)(H,14,17)/t7-/m1/s1. The van der Waals surface area contributed by atoms with Crippen molar-refractivity contribution in [2.75, 3.05) is 13.2 Å². The predicted octanol–water partition coefficient (Wildman–Crippen LogP) is -1.85. The topological polar surface area (TPSA) is 140 Å². The number of hydrogen-bond donors (Lipinski definition) is 5. The Kier molecular flexibility index (Phi) is 9.11. The number of aliphatic hydroxyl groups is 1. The first kappa shape index (κ1) is 16.8. The van der Waals surface area contributed by atoms with E-state index >= 15 is 0 Å². The second-order valence-electron chi connectivity index (χ2n) is 3.89. The van der Waals surface area contributed by atoms with Gasteiger partial charge in [-0.15, -0.1) is 0 Å². The minimum Gasteiger partial charge on any atom is -0.391 e. The van der Waals surface area contributed by atoms with E-state index < -0.39 is 23.8 Å². The van der Waals surface area contributed by atoms with Gasteiger partial charge in [0.1, 0.15) is 5.92 Å². The molecule has 0 rings (SSSR count). The van der Waals surface area contributed by atoms with Crippen LogP contribution in [-0.4, -0.2) is 36.2 Å². The van der Waals surface area contributed by atoms with Crippen LogP contribution in [0, 0.1) is 5.92 Å². The summed E-state index contributed by atoms with van der Waals surface area (Å²) in [5.41, 5.74) is 3.71. The molecule has 0 spiro atoms. The molecule has 0 fully saturated rings. The highest BCUT2D eigenvalue weighted by atomic mass is 16.5. The lowest BCUT2D eigenvalue weighted by Gasteiger charge is -2.17. The minimum absolute atomic E-state index is 0.0617. The van der Waals surface area contributed by atoms with Gasteiger partial charge < -0.3 is 9.84 Å². The Bertz CT molecular complexity index is 246. The third-order valence-electron chi connectivity index (χ3n) is 2.38. The second kappa shape index (κ2) is 9.77. The summed E-state index contributed by atoms with van der Waals surface area (Å²) >= 11 is 0. The van der Waals surface area contributed by atoms with Crippen molar-refractivity contribution >= 4 is 11.8 Å². The van der Waals surface area contributed by atoms with Gasteiger partial charge >= 0.3 is 0 Å². The maximum atomic E-state index is 11.3.